The maximum Gasteiger partial charge on any atom is 0.0357 e. The molecule has 1 saturated heterocycles. The standard InChI is InChI=1S/C14H25N/c1-6-8-12(5)13-9-10-15(11(3)4)14(13)7-2/h7,11H,6,8-10H2,1-5H3/b13-12+,14-7+. The van der Waals surface area contributed by atoms with Crippen LogP contribution in [0.25, 0.3) is 0 Å². The summed E-state index contributed by atoms with van der Waals surface area (Å²) in [5.41, 5.74) is 4.68. The number of hydrogen-bond acceptors (Lipinski definition) is 1. The third kappa shape index (κ3) is 2.64. The van der Waals surface area contributed by atoms with Crippen LogP contribution in [-0.2, 0) is 0 Å². The third-order valence-electron chi connectivity index (χ3n) is 3.26. The van der Waals surface area contributed by atoms with E-state index in [-0.39, 0.29) is 0 Å². The Kier molecular flexibility index (Phi) is 4.44. The van der Waals surface area contributed by atoms with E-state index in [1.807, 2.05) is 0 Å². The Hall–Kier alpha value is -0.720. The molecule has 0 aliphatic carbocycles. The van der Waals surface area contributed by atoms with E-state index < -0.39 is 0 Å². The van der Waals surface area contributed by atoms with Gasteiger partial charge in [0.1, 0.15) is 0 Å². The van der Waals surface area contributed by atoms with E-state index in [1.54, 1.807) is 11.1 Å². The largest absolute Gasteiger partial charge is 0.369 e. The fourth-order valence-corrected chi connectivity index (χ4v) is 2.49. The van der Waals surface area contributed by atoms with Crippen LogP contribution in [0.3, 0.4) is 0 Å². The number of rotatable bonds is 3. The summed E-state index contributed by atoms with van der Waals surface area (Å²) in [4.78, 5) is 2.52. The van der Waals surface area contributed by atoms with Crippen molar-refractivity contribution in [3.8, 4) is 0 Å². The second kappa shape index (κ2) is 5.39. The molecule has 1 fully saturated rings. The van der Waals surface area contributed by atoms with Crippen LogP contribution < -0.4 is 0 Å². The molecule has 1 rings (SSSR count). The van der Waals surface area contributed by atoms with Crippen LogP contribution in [0.2, 0.25) is 0 Å². The SMILES string of the molecule is C/C=C1\C(=C(/C)CCC)CCN1C(C)C. The Labute approximate surface area is 94.9 Å². The molecule has 0 aromatic carbocycles. The lowest BCUT2D eigenvalue weighted by Gasteiger charge is -2.25. The first-order valence-corrected chi connectivity index (χ1v) is 6.23. The smallest absolute Gasteiger partial charge is 0.0357 e. The number of allylic oxidation sites excluding steroid dienone is 3. The van der Waals surface area contributed by atoms with Gasteiger partial charge in [-0.3, -0.25) is 0 Å². The summed E-state index contributed by atoms with van der Waals surface area (Å²) >= 11 is 0. The molecule has 1 aliphatic rings. The van der Waals surface area contributed by atoms with Gasteiger partial charge in [-0.05, 0) is 46.1 Å². The molecule has 0 unspecified atom stereocenters. The van der Waals surface area contributed by atoms with Gasteiger partial charge >= 0.3 is 0 Å². The molecule has 0 atom stereocenters. The highest BCUT2D eigenvalue weighted by Crippen LogP contribution is 2.32. The van der Waals surface area contributed by atoms with Gasteiger partial charge in [-0.15, -0.1) is 0 Å². The van der Waals surface area contributed by atoms with Gasteiger partial charge in [0.05, 0.1) is 0 Å². The molecule has 86 valence electrons. The highest BCUT2D eigenvalue weighted by Gasteiger charge is 2.24. The minimum Gasteiger partial charge on any atom is -0.369 e. The van der Waals surface area contributed by atoms with Gasteiger partial charge in [0.25, 0.3) is 0 Å². The Morgan fingerprint density at radius 3 is 2.60 bits per heavy atom. The normalized spacial score (nSPS) is 23.1. The summed E-state index contributed by atoms with van der Waals surface area (Å²) < 4.78 is 0. The number of likely N-dealkylation sites (tertiary alicyclic amines) is 1. The number of nitrogens with zero attached hydrogens (tertiary/aromatic N) is 1. The zero-order chi connectivity index (χ0) is 11.4. The van der Waals surface area contributed by atoms with Gasteiger partial charge < -0.3 is 4.90 Å². The summed E-state index contributed by atoms with van der Waals surface area (Å²) in [5, 5.41) is 0. The Bertz CT molecular complexity index is 271. The molecule has 1 aliphatic heterocycles. The van der Waals surface area contributed by atoms with Crippen molar-refractivity contribution in [3.63, 3.8) is 0 Å². The molecule has 0 saturated carbocycles. The maximum atomic E-state index is 2.52. The lowest BCUT2D eigenvalue weighted by atomic mass is 10.0. The lowest BCUT2D eigenvalue weighted by Crippen LogP contribution is -2.25. The fraction of sp³-hybridized carbons (Fsp3) is 0.714. The van der Waals surface area contributed by atoms with Crippen molar-refractivity contribution in [2.45, 2.75) is 59.9 Å². The monoisotopic (exact) mass is 207 g/mol. The van der Waals surface area contributed by atoms with Gasteiger partial charge in [-0.2, -0.15) is 0 Å². The molecule has 0 bridgehead atoms. The Morgan fingerprint density at radius 2 is 2.13 bits per heavy atom. The van der Waals surface area contributed by atoms with E-state index in [0.717, 1.165) is 0 Å². The molecule has 0 aromatic rings. The molecule has 0 spiro atoms. The fourth-order valence-electron chi connectivity index (χ4n) is 2.49. The van der Waals surface area contributed by atoms with Crippen LogP contribution in [0, 0.1) is 0 Å². The van der Waals surface area contributed by atoms with E-state index in [2.05, 4.69) is 45.6 Å². The zero-order valence-electron chi connectivity index (χ0n) is 10.9. The first-order valence-electron chi connectivity index (χ1n) is 6.23. The van der Waals surface area contributed by atoms with E-state index in [1.165, 1.54) is 31.5 Å². The molecule has 1 heteroatoms. The second-order valence-corrected chi connectivity index (χ2v) is 4.72. The van der Waals surface area contributed by atoms with Crippen LogP contribution in [0.15, 0.2) is 22.9 Å². The molecule has 1 heterocycles. The van der Waals surface area contributed by atoms with Gasteiger partial charge in [0.2, 0.25) is 0 Å². The molecule has 0 amide bonds. The summed E-state index contributed by atoms with van der Waals surface area (Å²) in [6.07, 6.45) is 6.03. The third-order valence-corrected chi connectivity index (χ3v) is 3.26. The molecule has 0 radical (unpaired) electrons. The summed E-state index contributed by atoms with van der Waals surface area (Å²) in [6.45, 7) is 12.5. The van der Waals surface area contributed by atoms with Crippen LogP contribution >= 0.6 is 0 Å². The second-order valence-electron chi connectivity index (χ2n) is 4.72. The predicted molar refractivity (Wildman–Crippen MR) is 67.8 cm³/mol. The van der Waals surface area contributed by atoms with Crippen molar-refractivity contribution < 1.29 is 0 Å². The Morgan fingerprint density at radius 1 is 1.47 bits per heavy atom. The van der Waals surface area contributed by atoms with Crippen molar-refractivity contribution in [1.82, 2.24) is 4.90 Å². The van der Waals surface area contributed by atoms with Gasteiger partial charge in [-0.25, -0.2) is 0 Å². The average molecular weight is 207 g/mol. The van der Waals surface area contributed by atoms with E-state index in [0.29, 0.717) is 6.04 Å². The molecule has 0 N–H and O–H groups in total. The highest BCUT2D eigenvalue weighted by atomic mass is 15.2. The highest BCUT2D eigenvalue weighted by molar-refractivity contribution is 5.37. The first kappa shape index (κ1) is 12.4. The average Bonchev–Trinajstić information content (AvgIpc) is 2.61. The summed E-state index contributed by atoms with van der Waals surface area (Å²) in [6, 6.07) is 0.628. The van der Waals surface area contributed by atoms with E-state index in [4.69, 9.17) is 0 Å². The van der Waals surface area contributed by atoms with Crippen LogP contribution in [0.5, 0.6) is 0 Å². The summed E-state index contributed by atoms with van der Waals surface area (Å²) in [7, 11) is 0. The predicted octanol–water partition coefficient (Wildman–Crippen LogP) is 4.12. The van der Waals surface area contributed by atoms with E-state index in [9.17, 15) is 0 Å². The van der Waals surface area contributed by atoms with Crippen LogP contribution in [0.1, 0.15) is 53.9 Å². The molecular weight excluding hydrogens is 182 g/mol. The first-order chi connectivity index (χ1) is 7.11. The molecular formula is C14H25N. The summed E-state index contributed by atoms with van der Waals surface area (Å²) in [5.74, 6) is 0. The minimum absolute atomic E-state index is 0.628. The van der Waals surface area contributed by atoms with Gasteiger partial charge in [0, 0.05) is 18.3 Å². The number of hydrogen-bond donors (Lipinski definition) is 0. The van der Waals surface area contributed by atoms with Gasteiger partial charge in [0.15, 0.2) is 0 Å². The minimum atomic E-state index is 0.628. The van der Waals surface area contributed by atoms with Crippen molar-refractivity contribution in [2.24, 2.45) is 0 Å². The Balaban J connectivity index is 2.91. The molecule has 0 aromatic heterocycles. The lowest BCUT2D eigenvalue weighted by molar-refractivity contribution is 0.324. The molecule has 15 heavy (non-hydrogen) atoms. The maximum absolute atomic E-state index is 2.52. The van der Waals surface area contributed by atoms with Crippen LogP contribution in [-0.4, -0.2) is 17.5 Å². The molecule has 1 nitrogen and oxygen atoms in total. The quantitative estimate of drug-likeness (QED) is 0.673. The zero-order valence-corrected chi connectivity index (χ0v) is 10.9. The van der Waals surface area contributed by atoms with Crippen molar-refractivity contribution >= 4 is 0 Å². The van der Waals surface area contributed by atoms with Crippen molar-refractivity contribution in [3.05, 3.63) is 22.9 Å². The van der Waals surface area contributed by atoms with Crippen LogP contribution in [0.4, 0.5) is 0 Å². The van der Waals surface area contributed by atoms with Crippen molar-refractivity contribution in [1.29, 1.82) is 0 Å². The topological polar surface area (TPSA) is 3.24 Å². The van der Waals surface area contributed by atoms with Crippen molar-refractivity contribution in [2.75, 3.05) is 6.54 Å². The van der Waals surface area contributed by atoms with Gasteiger partial charge in [-0.1, -0.05) is 25.0 Å². The van der Waals surface area contributed by atoms with E-state index >= 15 is 0 Å².